The molecule has 3 heterocycles. The molecule has 2 N–H and O–H groups in total. The number of aryl methyl sites for hydroxylation is 2. The zero-order chi connectivity index (χ0) is 16.2. The van der Waals surface area contributed by atoms with E-state index in [1.807, 2.05) is 36.6 Å². The number of nitrogens with zero attached hydrogens (tertiary/aromatic N) is 4. The van der Waals surface area contributed by atoms with Crippen LogP contribution in [0.1, 0.15) is 17.1 Å². The molecule has 0 radical (unpaired) electrons. The van der Waals surface area contributed by atoms with Crippen molar-refractivity contribution in [2.45, 2.75) is 20.4 Å². The molecule has 0 bridgehead atoms. The second kappa shape index (κ2) is 6.62. The Labute approximate surface area is 134 Å². The van der Waals surface area contributed by atoms with Gasteiger partial charge in [0.1, 0.15) is 6.61 Å². The van der Waals surface area contributed by atoms with E-state index in [0.29, 0.717) is 18.2 Å². The van der Waals surface area contributed by atoms with Crippen molar-refractivity contribution in [3.63, 3.8) is 0 Å². The molecule has 0 aromatic carbocycles. The Kier molecular flexibility index (Phi) is 4.38. The Hall–Kier alpha value is -2.67. The van der Waals surface area contributed by atoms with Crippen LogP contribution in [0.3, 0.4) is 0 Å². The molecule has 23 heavy (non-hydrogen) atoms. The number of aliphatic hydroxyl groups is 1. The molecule has 0 aliphatic rings. The third-order valence-electron chi connectivity index (χ3n) is 3.41. The quantitative estimate of drug-likeness (QED) is 0.721. The minimum Gasteiger partial charge on any atom is -0.475 e. The molecule has 3 rings (SSSR count). The zero-order valence-electron chi connectivity index (χ0n) is 13.2. The highest BCUT2D eigenvalue weighted by atomic mass is 16.5. The van der Waals surface area contributed by atoms with E-state index in [9.17, 15) is 0 Å². The van der Waals surface area contributed by atoms with Crippen LogP contribution in [0.25, 0.3) is 5.78 Å². The lowest BCUT2D eigenvalue weighted by Crippen LogP contribution is -2.06. The summed E-state index contributed by atoms with van der Waals surface area (Å²) in [6, 6.07) is 5.69. The Morgan fingerprint density at radius 1 is 1.22 bits per heavy atom. The van der Waals surface area contributed by atoms with Crippen LogP contribution >= 0.6 is 0 Å². The Morgan fingerprint density at radius 2 is 2.09 bits per heavy atom. The standard InChI is InChI=1S/C16H19N5O2/c1-11-7-12(2)21-14(10-19-16(21)20-11)9-17-13-3-4-15(18-8-13)23-6-5-22/h3-4,7-8,10,17,22H,5-6,9H2,1-2H3. The number of aromatic nitrogens is 4. The van der Waals surface area contributed by atoms with Gasteiger partial charge in [0.2, 0.25) is 11.7 Å². The molecule has 7 nitrogen and oxygen atoms in total. The topological polar surface area (TPSA) is 84.6 Å². The van der Waals surface area contributed by atoms with Gasteiger partial charge in [-0.15, -0.1) is 0 Å². The van der Waals surface area contributed by atoms with Crippen molar-refractivity contribution < 1.29 is 9.84 Å². The summed E-state index contributed by atoms with van der Waals surface area (Å²) in [5.41, 5.74) is 3.98. The Bertz CT molecular complexity index is 798. The van der Waals surface area contributed by atoms with E-state index in [2.05, 4.69) is 20.3 Å². The highest BCUT2D eigenvalue weighted by molar-refractivity contribution is 5.43. The van der Waals surface area contributed by atoms with E-state index in [0.717, 1.165) is 22.8 Å². The first-order valence-electron chi connectivity index (χ1n) is 7.41. The predicted molar refractivity (Wildman–Crippen MR) is 86.6 cm³/mol. The lowest BCUT2D eigenvalue weighted by atomic mass is 10.3. The predicted octanol–water partition coefficient (Wildman–Crippen LogP) is 1.72. The van der Waals surface area contributed by atoms with Crippen molar-refractivity contribution in [2.24, 2.45) is 0 Å². The molecule has 0 saturated carbocycles. The molecule has 0 aliphatic carbocycles. The number of nitrogens with one attached hydrogen (secondary N) is 1. The average molecular weight is 313 g/mol. The summed E-state index contributed by atoms with van der Waals surface area (Å²) in [6.07, 6.45) is 3.53. The van der Waals surface area contributed by atoms with Crippen LogP contribution in [-0.2, 0) is 6.54 Å². The fourth-order valence-corrected chi connectivity index (χ4v) is 2.43. The summed E-state index contributed by atoms with van der Waals surface area (Å²) >= 11 is 0. The molecular formula is C16H19N5O2. The highest BCUT2D eigenvalue weighted by Crippen LogP contribution is 2.14. The van der Waals surface area contributed by atoms with E-state index in [4.69, 9.17) is 9.84 Å². The SMILES string of the molecule is Cc1cc(C)n2c(CNc3ccc(OCCO)nc3)cnc2n1. The lowest BCUT2D eigenvalue weighted by Gasteiger charge is -2.09. The average Bonchev–Trinajstić information content (AvgIpc) is 2.95. The van der Waals surface area contributed by atoms with Crippen molar-refractivity contribution in [3.05, 3.63) is 47.7 Å². The Balaban J connectivity index is 1.71. The summed E-state index contributed by atoms with van der Waals surface area (Å²) in [4.78, 5) is 13.0. The monoisotopic (exact) mass is 313 g/mol. The molecule has 120 valence electrons. The van der Waals surface area contributed by atoms with Gasteiger partial charge in [0.25, 0.3) is 0 Å². The minimum absolute atomic E-state index is 0.0250. The normalized spacial score (nSPS) is 10.9. The van der Waals surface area contributed by atoms with Crippen LogP contribution < -0.4 is 10.1 Å². The third kappa shape index (κ3) is 3.40. The van der Waals surface area contributed by atoms with E-state index >= 15 is 0 Å². The third-order valence-corrected chi connectivity index (χ3v) is 3.41. The van der Waals surface area contributed by atoms with Gasteiger partial charge in [-0.2, -0.15) is 0 Å². The molecule has 0 saturated heterocycles. The summed E-state index contributed by atoms with van der Waals surface area (Å²) in [5.74, 6) is 1.21. The maximum Gasteiger partial charge on any atom is 0.234 e. The first kappa shape index (κ1) is 15.2. The summed E-state index contributed by atoms with van der Waals surface area (Å²) in [7, 11) is 0. The second-order valence-electron chi connectivity index (χ2n) is 5.23. The van der Waals surface area contributed by atoms with Crippen molar-refractivity contribution in [1.82, 2.24) is 19.4 Å². The van der Waals surface area contributed by atoms with Crippen LogP contribution in [0.15, 0.2) is 30.6 Å². The van der Waals surface area contributed by atoms with Crippen molar-refractivity contribution in [2.75, 3.05) is 18.5 Å². The number of hydrogen-bond acceptors (Lipinski definition) is 6. The molecule has 0 aliphatic heterocycles. The smallest absolute Gasteiger partial charge is 0.234 e. The summed E-state index contributed by atoms with van der Waals surface area (Å²) in [5, 5.41) is 12.0. The van der Waals surface area contributed by atoms with E-state index in [1.165, 1.54) is 0 Å². The molecule has 0 amide bonds. The van der Waals surface area contributed by atoms with Gasteiger partial charge in [-0.05, 0) is 26.0 Å². The molecule has 0 fully saturated rings. The molecule has 0 unspecified atom stereocenters. The maximum absolute atomic E-state index is 8.72. The largest absolute Gasteiger partial charge is 0.475 e. The molecule has 3 aromatic rings. The zero-order valence-corrected chi connectivity index (χ0v) is 13.2. The second-order valence-corrected chi connectivity index (χ2v) is 5.23. The fourth-order valence-electron chi connectivity index (χ4n) is 2.43. The van der Waals surface area contributed by atoms with Gasteiger partial charge in [-0.25, -0.2) is 15.0 Å². The first-order valence-corrected chi connectivity index (χ1v) is 7.41. The lowest BCUT2D eigenvalue weighted by molar-refractivity contribution is 0.196. The summed E-state index contributed by atoms with van der Waals surface area (Å²) in [6.45, 7) is 4.84. The molecule has 7 heteroatoms. The molecule has 0 spiro atoms. The van der Waals surface area contributed by atoms with Gasteiger partial charge in [-0.3, -0.25) is 4.40 Å². The number of rotatable bonds is 6. The van der Waals surface area contributed by atoms with Gasteiger partial charge in [0.15, 0.2) is 0 Å². The van der Waals surface area contributed by atoms with Crippen LogP contribution in [0, 0.1) is 13.8 Å². The maximum atomic E-state index is 8.72. The van der Waals surface area contributed by atoms with Crippen LogP contribution in [0.5, 0.6) is 5.88 Å². The van der Waals surface area contributed by atoms with Crippen molar-refractivity contribution >= 4 is 11.5 Å². The van der Waals surface area contributed by atoms with Crippen LogP contribution in [0.4, 0.5) is 5.69 Å². The van der Waals surface area contributed by atoms with Gasteiger partial charge in [0.05, 0.1) is 36.9 Å². The van der Waals surface area contributed by atoms with E-state index in [1.54, 1.807) is 12.3 Å². The molecule has 3 aromatic heterocycles. The Morgan fingerprint density at radius 3 is 2.83 bits per heavy atom. The number of imidazole rings is 1. The van der Waals surface area contributed by atoms with Gasteiger partial charge < -0.3 is 15.2 Å². The number of anilines is 1. The van der Waals surface area contributed by atoms with Crippen LogP contribution in [-0.4, -0.2) is 37.7 Å². The number of pyridine rings is 1. The molecular weight excluding hydrogens is 294 g/mol. The van der Waals surface area contributed by atoms with E-state index < -0.39 is 0 Å². The van der Waals surface area contributed by atoms with Gasteiger partial charge >= 0.3 is 0 Å². The number of ether oxygens (including phenoxy) is 1. The number of aliphatic hydroxyl groups excluding tert-OH is 1. The van der Waals surface area contributed by atoms with E-state index in [-0.39, 0.29) is 13.2 Å². The highest BCUT2D eigenvalue weighted by Gasteiger charge is 2.07. The van der Waals surface area contributed by atoms with Gasteiger partial charge in [-0.1, -0.05) is 0 Å². The van der Waals surface area contributed by atoms with Crippen molar-refractivity contribution in [3.8, 4) is 5.88 Å². The summed E-state index contributed by atoms with van der Waals surface area (Å²) < 4.78 is 7.27. The number of hydrogen-bond donors (Lipinski definition) is 2. The van der Waals surface area contributed by atoms with Gasteiger partial charge in [0, 0.05) is 17.5 Å². The number of fused-ring (bicyclic) bond motifs is 1. The van der Waals surface area contributed by atoms with Crippen molar-refractivity contribution in [1.29, 1.82) is 0 Å². The molecule has 0 atom stereocenters. The fraction of sp³-hybridized carbons (Fsp3) is 0.312. The van der Waals surface area contributed by atoms with Crippen LogP contribution in [0.2, 0.25) is 0 Å². The minimum atomic E-state index is -0.0250. The first-order chi connectivity index (χ1) is 11.2.